The average Bonchev–Trinajstić information content (AvgIpc) is 2.74. The molecule has 0 bridgehead atoms. The Kier molecular flexibility index (Phi) is 6.51. The van der Waals surface area contributed by atoms with Crippen LogP contribution in [0.1, 0.15) is 0 Å². The Labute approximate surface area is 169 Å². The van der Waals surface area contributed by atoms with Crippen LogP contribution in [0.25, 0.3) is 33.6 Å². The van der Waals surface area contributed by atoms with E-state index in [0.717, 1.165) is 22.5 Å². The quantitative estimate of drug-likeness (QED) is 0.273. The third-order valence-electron chi connectivity index (χ3n) is 4.10. The standard InChI is InChI=1S/C23H17O.H2O4S/c1-4-10-18(11-5-1)21-16-17-24-23(20-14-8-3-9-15-20)22(21)19-12-6-2-7-13-19;1-5(2,3)4/h1-17H;(H2,1,2,3,4)/q+1;/p-1. The van der Waals surface area contributed by atoms with Gasteiger partial charge in [-0.2, -0.15) is 0 Å². The molecule has 4 aromatic rings. The molecule has 3 aromatic carbocycles. The first-order valence-corrected chi connectivity index (χ1v) is 10.1. The van der Waals surface area contributed by atoms with E-state index in [1.165, 1.54) is 11.1 Å². The second kappa shape index (κ2) is 9.25. The Bertz CT molecular complexity index is 1090. The second-order valence-corrected chi connectivity index (χ2v) is 6.92. The molecule has 0 atom stereocenters. The van der Waals surface area contributed by atoms with E-state index in [4.69, 9.17) is 21.9 Å². The van der Waals surface area contributed by atoms with Gasteiger partial charge in [0.25, 0.3) is 0 Å². The van der Waals surface area contributed by atoms with E-state index in [2.05, 4.69) is 60.7 Å². The van der Waals surface area contributed by atoms with Crippen LogP contribution >= 0.6 is 0 Å². The van der Waals surface area contributed by atoms with Gasteiger partial charge < -0.3 is 4.55 Å². The molecule has 1 heterocycles. The monoisotopic (exact) mass is 406 g/mol. The van der Waals surface area contributed by atoms with E-state index < -0.39 is 10.4 Å². The van der Waals surface area contributed by atoms with E-state index in [1.54, 1.807) is 6.26 Å². The smallest absolute Gasteiger partial charge is 0.368 e. The highest BCUT2D eigenvalue weighted by Gasteiger charge is 2.23. The van der Waals surface area contributed by atoms with Crippen molar-refractivity contribution in [3.05, 3.63) is 103 Å². The summed E-state index contributed by atoms with van der Waals surface area (Å²) in [6.45, 7) is 0. The summed E-state index contributed by atoms with van der Waals surface area (Å²) in [5.41, 5.74) is 5.71. The van der Waals surface area contributed by atoms with Crippen molar-refractivity contribution in [3.8, 4) is 33.6 Å². The average molecular weight is 406 g/mol. The zero-order valence-corrected chi connectivity index (χ0v) is 16.1. The summed E-state index contributed by atoms with van der Waals surface area (Å²) in [4.78, 5) is 0. The highest BCUT2D eigenvalue weighted by Crippen LogP contribution is 2.39. The maximum Gasteiger partial charge on any atom is 0.368 e. The summed E-state index contributed by atoms with van der Waals surface area (Å²) < 4.78 is 38.8. The lowest BCUT2D eigenvalue weighted by Gasteiger charge is -2.08. The Morgan fingerprint density at radius 1 is 0.655 bits per heavy atom. The molecule has 0 amide bonds. The van der Waals surface area contributed by atoms with Crippen LogP contribution in [0.4, 0.5) is 0 Å². The lowest BCUT2D eigenvalue weighted by atomic mass is 9.92. The minimum atomic E-state index is -4.92. The first-order chi connectivity index (χ1) is 13.9. The van der Waals surface area contributed by atoms with Crippen molar-refractivity contribution >= 4 is 10.4 Å². The molecular weight excluding hydrogens is 388 g/mol. The Balaban J connectivity index is 0.000000431. The fraction of sp³-hybridized carbons (Fsp3) is 0. The lowest BCUT2D eigenvalue weighted by Crippen LogP contribution is -1.90. The topological polar surface area (TPSA) is 88.7 Å². The zero-order valence-electron chi connectivity index (χ0n) is 15.3. The van der Waals surface area contributed by atoms with Crippen LogP contribution in [0.5, 0.6) is 0 Å². The summed E-state index contributed by atoms with van der Waals surface area (Å²) >= 11 is 0. The van der Waals surface area contributed by atoms with Crippen molar-refractivity contribution in [2.45, 2.75) is 0 Å². The number of benzene rings is 3. The Hall–Kier alpha value is -3.32. The van der Waals surface area contributed by atoms with Crippen molar-refractivity contribution in [1.29, 1.82) is 0 Å². The van der Waals surface area contributed by atoms with Gasteiger partial charge in [-0.1, -0.05) is 78.9 Å². The molecule has 0 saturated heterocycles. The van der Waals surface area contributed by atoms with Crippen LogP contribution in [0.2, 0.25) is 0 Å². The van der Waals surface area contributed by atoms with Gasteiger partial charge in [0.15, 0.2) is 0 Å². The Morgan fingerprint density at radius 2 is 1.07 bits per heavy atom. The van der Waals surface area contributed by atoms with E-state index >= 15 is 0 Å². The molecule has 0 aliphatic heterocycles. The highest BCUT2D eigenvalue weighted by atomic mass is 32.3. The number of rotatable bonds is 3. The number of hydrogen-bond acceptors (Lipinski definition) is 3. The van der Waals surface area contributed by atoms with Gasteiger partial charge in [0, 0.05) is 11.6 Å². The first kappa shape index (κ1) is 20.4. The first-order valence-electron chi connectivity index (χ1n) is 8.73. The van der Waals surface area contributed by atoms with E-state index in [0.29, 0.717) is 0 Å². The normalized spacial score (nSPS) is 10.7. The van der Waals surface area contributed by atoms with Gasteiger partial charge in [0.2, 0.25) is 10.4 Å². The van der Waals surface area contributed by atoms with Gasteiger partial charge in [-0.3, -0.25) is 4.55 Å². The molecule has 6 heteroatoms. The van der Waals surface area contributed by atoms with E-state index in [1.807, 2.05) is 36.4 Å². The van der Waals surface area contributed by atoms with Gasteiger partial charge in [0.1, 0.15) is 0 Å². The molecule has 5 nitrogen and oxygen atoms in total. The molecular formula is C23H18O5S. The highest BCUT2D eigenvalue weighted by molar-refractivity contribution is 7.79. The summed E-state index contributed by atoms with van der Waals surface area (Å²) in [6.07, 6.45) is 1.77. The molecule has 0 aliphatic rings. The maximum atomic E-state index is 8.63. The molecule has 0 fully saturated rings. The van der Waals surface area contributed by atoms with Crippen LogP contribution in [0, 0.1) is 0 Å². The Morgan fingerprint density at radius 3 is 1.55 bits per heavy atom. The van der Waals surface area contributed by atoms with Crippen molar-refractivity contribution in [1.82, 2.24) is 0 Å². The van der Waals surface area contributed by atoms with Gasteiger partial charge in [-0.15, -0.1) is 0 Å². The molecule has 0 spiro atoms. The van der Waals surface area contributed by atoms with Gasteiger partial charge >= 0.3 is 12.0 Å². The van der Waals surface area contributed by atoms with Crippen LogP contribution in [0.15, 0.2) is 108 Å². The van der Waals surface area contributed by atoms with Crippen molar-refractivity contribution in [2.24, 2.45) is 0 Å². The van der Waals surface area contributed by atoms with E-state index in [-0.39, 0.29) is 0 Å². The molecule has 0 radical (unpaired) electrons. The zero-order chi connectivity index (χ0) is 20.7. The second-order valence-electron chi connectivity index (χ2n) is 6.06. The molecule has 1 aromatic heterocycles. The van der Waals surface area contributed by atoms with Gasteiger partial charge in [0.05, 0.1) is 11.1 Å². The summed E-state index contributed by atoms with van der Waals surface area (Å²) in [7, 11) is -4.92. The minimum Gasteiger partial charge on any atom is -0.726 e. The van der Waals surface area contributed by atoms with E-state index in [9.17, 15) is 0 Å². The molecule has 0 saturated carbocycles. The molecule has 146 valence electrons. The van der Waals surface area contributed by atoms with Crippen LogP contribution < -0.4 is 0 Å². The number of hydrogen-bond donors (Lipinski definition) is 1. The maximum absolute atomic E-state index is 8.63. The van der Waals surface area contributed by atoms with Crippen LogP contribution in [-0.4, -0.2) is 17.5 Å². The van der Waals surface area contributed by atoms with Crippen LogP contribution in [-0.2, 0) is 10.4 Å². The van der Waals surface area contributed by atoms with Crippen molar-refractivity contribution in [3.63, 3.8) is 0 Å². The van der Waals surface area contributed by atoms with Crippen LogP contribution in [0.3, 0.4) is 0 Å². The van der Waals surface area contributed by atoms with Crippen molar-refractivity contribution in [2.75, 3.05) is 0 Å². The molecule has 0 unspecified atom stereocenters. The predicted molar refractivity (Wildman–Crippen MR) is 112 cm³/mol. The fourth-order valence-corrected chi connectivity index (χ4v) is 2.99. The third-order valence-corrected chi connectivity index (χ3v) is 4.10. The third kappa shape index (κ3) is 5.83. The fourth-order valence-electron chi connectivity index (χ4n) is 2.99. The minimum absolute atomic E-state index is 0.892. The molecule has 29 heavy (non-hydrogen) atoms. The predicted octanol–water partition coefficient (Wildman–Crippen LogP) is 5.57. The summed E-state index contributed by atoms with van der Waals surface area (Å²) in [6, 6.07) is 33.2. The summed E-state index contributed by atoms with van der Waals surface area (Å²) in [5, 5.41) is 0. The molecule has 4 rings (SSSR count). The summed E-state index contributed by atoms with van der Waals surface area (Å²) in [5.74, 6) is 0.892. The molecule has 0 aliphatic carbocycles. The van der Waals surface area contributed by atoms with Gasteiger partial charge in [-0.05, 0) is 23.3 Å². The van der Waals surface area contributed by atoms with Gasteiger partial charge in [-0.25, -0.2) is 12.8 Å². The molecule has 1 N–H and O–H groups in total. The lowest BCUT2D eigenvalue weighted by molar-refractivity contribution is 0.366. The SMILES string of the molecule is O=S(=O)([O-])O.c1ccc(-c2cc[o+]c(-c3ccccc3)c2-c2ccccc2)cc1. The largest absolute Gasteiger partial charge is 0.726 e. The van der Waals surface area contributed by atoms with Crippen molar-refractivity contribution < 1.29 is 21.9 Å².